The molecular formula is C16H19ClN4O4S2. The number of carbonyl (C=O) groups excluding carboxylic acids is 2. The number of carbonyl (C=O) groups is 2. The molecule has 2 aromatic rings. The van der Waals surface area contributed by atoms with Crippen molar-refractivity contribution in [1.82, 2.24) is 10.2 Å². The first-order valence-electron chi connectivity index (χ1n) is 7.75. The van der Waals surface area contributed by atoms with Crippen LogP contribution in [0.25, 0.3) is 0 Å². The third-order valence-corrected chi connectivity index (χ3v) is 5.35. The Morgan fingerprint density at radius 2 is 1.89 bits per heavy atom. The fourth-order valence-electron chi connectivity index (χ4n) is 1.99. The molecule has 2 N–H and O–H groups in total. The number of hydrogen-bond acceptors (Lipinski definition) is 8. The molecule has 11 heteroatoms. The van der Waals surface area contributed by atoms with E-state index in [1.807, 2.05) is 6.92 Å². The zero-order chi connectivity index (χ0) is 19.8. The molecule has 0 aliphatic heterocycles. The van der Waals surface area contributed by atoms with Crippen molar-refractivity contribution in [2.75, 3.05) is 36.4 Å². The zero-order valence-corrected chi connectivity index (χ0v) is 17.4. The summed E-state index contributed by atoms with van der Waals surface area (Å²) >= 11 is 8.48. The van der Waals surface area contributed by atoms with Crippen molar-refractivity contribution in [2.45, 2.75) is 13.5 Å². The predicted octanol–water partition coefficient (Wildman–Crippen LogP) is 2.97. The number of thioether (sulfide) groups is 1. The van der Waals surface area contributed by atoms with E-state index in [1.165, 1.54) is 30.2 Å². The number of aryl methyl sites for hydroxylation is 1. The summed E-state index contributed by atoms with van der Waals surface area (Å²) in [5, 5.41) is 14.8. The largest absolute Gasteiger partial charge is 0.495 e. The fourth-order valence-corrected chi connectivity index (χ4v) is 3.49. The van der Waals surface area contributed by atoms with Crippen LogP contribution in [0.3, 0.4) is 0 Å². The van der Waals surface area contributed by atoms with Crippen molar-refractivity contribution in [2.24, 2.45) is 0 Å². The predicted molar refractivity (Wildman–Crippen MR) is 108 cm³/mol. The average molecular weight is 431 g/mol. The minimum Gasteiger partial charge on any atom is -0.495 e. The molecule has 0 aliphatic rings. The first kappa shape index (κ1) is 21.4. The minimum atomic E-state index is -0.257. The summed E-state index contributed by atoms with van der Waals surface area (Å²) in [5.74, 6) is 0.205. The molecule has 0 atom stereocenters. The van der Waals surface area contributed by atoms with Gasteiger partial charge in [0.2, 0.25) is 16.9 Å². The number of methoxy groups -OCH3 is 2. The second-order valence-corrected chi connectivity index (χ2v) is 7.78. The lowest BCUT2D eigenvalue weighted by Crippen LogP contribution is -2.18. The molecule has 8 nitrogen and oxygen atoms in total. The van der Waals surface area contributed by atoms with Gasteiger partial charge in [0.25, 0.3) is 0 Å². The number of amides is 2. The molecule has 0 radical (unpaired) electrons. The normalized spacial score (nSPS) is 10.5. The van der Waals surface area contributed by atoms with Gasteiger partial charge in [-0.3, -0.25) is 14.9 Å². The standard InChI is InChI=1S/C16H19ClN4O4S2/c1-9-4-11(12(25-3)5-10(9)17)18-13(22)7-26-8-14(23)19-16-21-20-15(27-16)6-24-2/h4-5H,6-8H2,1-3H3,(H,18,22)(H,19,21,23). The molecule has 0 unspecified atom stereocenters. The first-order chi connectivity index (χ1) is 12.9. The van der Waals surface area contributed by atoms with Crippen LogP contribution in [0.2, 0.25) is 5.02 Å². The van der Waals surface area contributed by atoms with Crippen LogP contribution in [0, 0.1) is 6.92 Å². The number of anilines is 2. The van der Waals surface area contributed by atoms with Gasteiger partial charge in [-0.05, 0) is 18.6 Å². The number of nitrogens with zero attached hydrogens (tertiary/aromatic N) is 2. The Balaban J connectivity index is 1.78. The van der Waals surface area contributed by atoms with Gasteiger partial charge in [0.15, 0.2) is 0 Å². The van der Waals surface area contributed by atoms with E-state index in [-0.39, 0.29) is 23.3 Å². The number of rotatable bonds is 9. The maximum atomic E-state index is 12.1. The van der Waals surface area contributed by atoms with Crippen molar-refractivity contribution in [3.63, 3.8) is 0 Å². The van der Waals surface area contributed by atoms with Gasteiger partial charge in [-0.1, -0.05) is 22.9 Å². The molecule has 0 spiro atoms. The van der Waals surface area contributed by atoms with E-state index >= 15 is 0 Å². The molecule has 1 aromatic heterocycles. The summed E-state index contributed by atoms with van der Waals surface area (Å²) in [5.41, 5.74) is 1.36. The molecule has 0 fully saturated rings. The smallest absolute Gasteiger partial charge is 0.236 e. The van der Waals surface area contributed by atoms with Crippen LogP contribution < -0.4 is 15.4 Å². The zero-order valence-electron chi connectivity index (χ0n) is 15.0. The Morgan fingerprint density at radius 3 is 2.56 bits per heavy atom. The van der Waals surface area contributed by atoms with Crippen LogP contribution >= 0.6 is 34.7 Å². The van der Waals surface area contributed by atoms with Gasteiger partial charge in [-0.15, -0.1) is 22.0 Å². The Morgan fingerprint density at radius 1 is 1.19 bits per heavy atom. The highest BCUT2D eigenvalue weighted by Crippen LogP contribution is 2.31. The lowest BCUT2D eigenvalue weighted by molar-refractivity contribution is -0.114. The van der Waals surface area contributed by atoms with Crippen LogP contribution in [-0.4, -0.2) is 47.7 Å². The van der Waals surface area contributed by atoms with Gasteiger partial charge in [-0.2, -0.15) is 0 Å². The minimum absolute atomic E-state index is 0.114. The van der Waals surface area contributed by atoms with E-state index in [2.05, 4.69) is 20.8 Å². The van der Waals surface area contributed by atoms with Gasteiger partial charge in [0.05, 0.1) is 24.3 Å². The Labute approximate surface area is 170 Å². The molecule has 0 saturated carbocycles. The molecular weight excluding hydrogens is 412 g/mol. The van der Waals surface area contributed by atoms with Gasteiger partial charge in [0, 0.05) is 18.2 Å². The van der Waals surface area contributed by atoms with E-state index in [0.29, 0.717) is 33.2 Å². The number of halogens is 1. The molecule has 2 rings (SSSR count). The molecule has 146 valence electrons. The van der Waals surface area contributed by atoms with Crippen LogP contribution in [-0.2, 0) is 20.9 Å². The molecule has 2 amide bonds. The summed E-state index contributed by atoms with van der Waals surface area (Å²) in [6.45, 7) is 2.18. The van der Waals surface area contributed by atoms with Crippen LogP contribution in [0.4, 0.5) is 10.8 Å². The summed E-state index contributed by atoms with van der Waals surface area (Å²) < 4.78 is 10.2. The van der Waals surface area contributed by atoms with Gasteiger partial charge < -0.3 is 14.8 Å². The van der Waals surface area contributed by atoms with Gasteiger partial charge in [0.1, 0.15) is 17.4 Å². The number of aromatic nitrogens is 2. The van der Waals surface area contributed by atoms with E-state index in [0.717, 1.165) is 5.56 Å². The van der Waals surface area contributed by atoms with Gasteiger partial charge >= 0.3 is 0 Å². The van der Waals surface area contributed by atoms with E-state index in [4.69, 9.17) is 21.1 Å². The lowest BCUT2D eigenvalue weighted by Gasteiger charge is -2.12. The third kappa shape index (κ3) is 6.65. The molecule has 0 bridgehead atoms. The highest BCUT2D eigenvalue weighted by molar-refractivity contribution is 8.00. The fraction of sp³-hybridized carbons (Fsp3) is 0.375. The molecule has 1 aromatic carbocycles. The SMILES string of the molecule is COCc1nnc(NC(=O)CSCC(=O)Nc2cc(C)c(Cl)cc2OC)s1. The molecule has 1 heterocycles. The maximum Gasteiger partial charge on any atom is 0.236 e. The second-order valence-electron chi connectivity index (χ2n) is 5.32. The topological polar surface area (TPSA) is 102 Å². The van der Waals surface area contributed by atoms with Crippen LogP contribution in [0.5, 0.6) is 5.75 Å². The Kier molecular flexibility index (Phi) is 8.29. The Hall–Kier alpha value is -1.88. The molecule has 27 heavy (non-hydrogen) atoms. The number of hydrogen-bond donors (Lipinski definition) is 2. The highest BCUT2D eigenvalue weighted by atomic mass is 35.5. The van der Waals surface area contributed by atoms with Gasteiger partial charge in [-0.25, -0.2) is 0 Å². The van der Waals surface area contributed by atoms with Crippen molar-refractivity contribution >= 4 is 57.3 Å². The van der Waals surface area contributed by atoms with Crippen molar-refractivity contribution in [1.29, 1.82) is 0 Å². The molecule has 0 aliphatic carbocycles. The van der Waals surface area contributed by atoms with Crippen LogP contribution in [0.15, 0.2) is 12.1 Å². The number of benzene rings is 1. The van der Waals surface area contributed by atoms with Crippen molar-refractivity contribution in [3.05, 3.63) is 27.7 Å². The van der Waals surface area contributed by atoms with Crippen LogP contribution in [0.1, 0.15) is 10.6 Å². The number of nitrogens with one attached hydrogen (secondary N) is 2. The Bertz CT molecular complexity index is 816. The summed E-state index contributed by atoms with van der Waals surface area (Å²) in [4.78, 5) is 24.0. The quantitative estimate of drug-likeness (QED) is 0.630. The van der Waals surface area contributed by atoms with E-state index in [9.17, 15) is 9.59 Å². The monoisotopic (exact) mass is 430 g/mol. The first-order valence-corrected chi connectivity index (χ1v) is 10.1. The third-order valence-electron chi connectivity index (χ3n) is 3.20. The van der Waals surface area contributed by atoms with E-state index in [1.54, 1.807) is 19.2 Å². The number of ether oxygens (including phenoxy) is 2. The maximum absolute atomic E-state index is 12.1. The lowest BCUT2D eigenvalue weighted by atomic mass is 10.2. The van der Waals surface area contributed by atoms with Crippen molar-refractivity contribution in [3.8, 4) is 5.75 Å². The summed E-state index contributed by atoms with van der Waals surface area (Å²) in [6, 6.07) is 3.39. The summed E-state index contributed by atoms with van der Waals surface area (Å²) in [6.07, 6.45) is 0. The average Bonchev–Trinajstić information content (AvgIpc) is 3.05. The van der Waals surface area contributed by atoms with E-state index < -0.39 is 0 Å². The molecule has 0 saturated heterocycles. The second kappa shape index (κ2) is 10.5. The highest BCUT2D eigenvalue weighted by Gasteiger charge is 2.12. The summed E-state index contributed by atoms with van der Waals surface area (Å²) in [7, 11) is 3.06. The van der Waals surface area contributed by atoms with Crippen molar-refractivity contribution < 1.29 is 19.1 Å².